The summed E-state index contributed by atoms with van der Waals surface area (Å²) < 4.78 is 0. The first-order chi connectivity index (χ1) is 26.3. The van der Waals surface area contributed by atoms with E-state index >= 15 is 0 Å². The molecule has 1 fully saturated rings. The van der Waals surface area contributed by atoms with Gasteiger partial charge < -0.3 is 68.9 Å². The van der Waals surface area contributed by atoms with E-state index in [1.54, 1.807) is 13.8 Å². The van der Waals surface area contributed by atoms with Crippen molar-refractivity contribution in [3.63, 3.8) is 0 Å². The van der Waals surface area contributed by atoms with Gasteiger partial charge in [0.25, 0.3) is 0 Å². The van der Waals surface area contributed by atoms with Crippen LogP contribution in [0.1, 0.15) is 73.1 Å². The zero-order valence-corrected chi connectivity index (χ0v) is 32.6. The number of hydrogen-bond donors (Lipinski definition) is 12. The van der Waals surface area contributed by atoms with Crippen LogP contribution in [-0.4, -0.2) is 155 Å². The van der Waals surface area contributed by atoms with Gasteiger partial charge in [-0.25, -0.2) is 4.79 Å². The van der Waals surface area contributed by atoms with Crippen LogP contribution in [0.3, 0.4) is 0 Å². The van der Waals surface area contributed by atoms with Gasteiger partial charge in [0, 0.05) is 6.54 Å². The molecule has 0 aromatic carbocycles. The van der Waals surface area contributed by atoms with E-state index in [2.05, 4.69) is 37.2 Å². The Balaban J connectivity index is 2.90. The third kappa shape index (κ3) is 15.7. The Kier molecular flexibility index (Phi) is 21.5. The molecule has 56 heavy (non-hydrogen) atoms. The number of aliphatic hydroxyl groups is 2. The standard InChI is InChI=1S/C34H60N10O12/c1-6-17(2)26(32(53)41-21(10-7-8-12-35)29(50)38-20(5)28(49)42-23(16-46)34(55)56)43-30(51)22(15-45)40-25(47)14-37-27(48)19(4)39-31(52)24-11-9-13-44(24)33(54)18(3)36/h17-24,26,45-46H,6-16,35-36H2,1-5H3,(H,37,48)(H,38,50)(H,39,52)(H,40,47)(H,41,53)(H,42,49)(H,43,51)(H,55,56)/t17-,18-,19+,20-,21-,22-,23-,24-,26-/m0/s1. The first kappa shape index (κ1) is 49.1. The van der Waals surface area contributed by atoms with Crippen LogP contribution in [0, 0.1) is 5.92 Å². The van der Waals surface area contributed by atoms with Crippen molar-refractivity contribution in [2.45, 2.75) is 121 Å². The average Bonchev–Trinajstić information content (AvgIpc) is 3.65. The number of aliphatic carboxylic acids is 1. The number of amides is 8. The second kappa shape index (κ2) is 24.6. The number of likely N-dealkylation sites (tertiary alicyclic amines) is 1. The SMILES string of the molecule is CC[C@H](C)[C@H](NC(=O)[C@H](CO)NC(=O)CNC(=O)[C@@H](C)NC(=O)[C@@H]1CCCN1C(=O)[C@H](C)N)C(=O)N[C@@H](CCCCN)C(=O)N[C@@H](C)C(=O)N[C@@H](CO)C(=O)O. The van der Waals surface area contributed by atoms with E-state index < -0.39 is 127 Å². The molecule has 1 aliphatic rings. The largest absolute Gasteiger partial charge is 0.480 e. The summed E-state index contributed by atoms with van der Waals surface area (Å²) in [6, 6.07) is -9.64. The molecule has 1 rings (SSSR count). The number of unbranched alkanes of at least 4 members (excludes halogenated alkanes) is 1. The minimum absolute atomic E-state index is 0.0777. The molecule has 0 bridgehead atoms. The van der Waals surface area contributed by atoms with Crippen molar-refractivity contribution >= 4 is 53.2 Å². The maximum absolute atomic E-state index is 13.6. The Morgan fingerprint density at radius 3 is 1.88 bits per heavy atom. The van der Waals surface area contributed by atoms with Crippen molar-refractivity contribution in [2.24, 2.45) is 17.4 Å². The van der Waals surface area contributed by atoms with Crippen LogP contribution in [0.4, 0.5) is 0 Å². The summed E-state index contributed by atoms with van der Waals surface area (Å²) in [6.45, 7) is 5.74. The van der Waals surface area contributed by atoms with E-state index in [4.69, 9.17) is 16.6 Å². The Hall–Kier alpha value is -4.93. The number of rotatable bonds is 24. The average molecular weight is 801 g/mol. The molecule has 8 amide bonds. The lowest BCUT2D eigenvalue weighted by Crippen LogP contribution is -2.60. The predicted molar refractivity (Wildman–Crippen MR) is 198 cm³/mol. The maximum Gasteiger partial charge on any atom is 0.328 e. The van der Waals surface area contributed by atoms with Gasteiger partial charge in [-0.2, -0.15) is 0 Å². The summed E-state index contributed by atoms with van der Waals surface area (Å²) >= 11 is 0. The van der Waals surface area contributed by atoms with Gasteiger partial charge >= 0.3 is 5.97 Å². The van der Waals surface area contributed by atoms with E-state index in [0.29, 0.717) is 38.6 Å². The van der Waals surface area contributed by atoms with Crippen LogP contribution in [0.5, 0.6) is 0 Å². The fourth-order valence-electron chi connectivity index (χ4n) is 5.54. The van der Waals surface area contributed by atoms with Crippen molar-refractivity contribution in [3.05, 3.63) is 0 Å². The Labute approximate surface area is 325 Å². The van der Waals surface area contributed by atoms with Crippen LogP contribution >= 0.6 is 0 Å². The molecule has 0 aliphatic carbocycles. The number of carboxylic acids is 1. The molecule has 0 spiro atoms. The topological polar surface area (TPSA) is 354 Å². The minimum atomic E-state index is -1.61. The molecular weight excluding hydrogens is 740 g/mol. The van der Waals surface area contributed by atoms with Gasteiger partial charge in [0.15, 0.2) is 0 Å². The van der Waals surface area contributed by atoms with Gasteiger partial charge in [-0.05, 0) is 65.3 Å². The number of aliphatic hydroxyl groups excluding tert-OH is 2. The van der Waals surface area contributed by atoms with E-state index in [1.165, 1.54) is 25.7 Å². The molecule has 1 saturated heterocycles. The highest BCUT2D eigenvalue weighted by Gasteiger charge is 2.37. The molecule has 0 unspecified atom stereocenters. The van der Waals surface area contributed by atoms with E-state index in [1.807, 2.05) is 0 Å². The number of nitrogens with zero attached hydrogens (tertiary/aromatic N) is 1. The monoisotopic (exact) mass is 800 g/mol. The van der Waals surface area contributed by atoms with Crippen molar-refractivity contribution in [1.29, 1.82) is 0 Å². The number of nitrogens with two attached hydrogens (primary N) is 2. The van der Waals surface area contributed by atoms with Crippen molar-refractivity contribution < 1.29 is 58.5 Å². The van der Waals surface area contributed by atoms with Crippen molar-refractivity contribution in [3.8, 4) is 0 Å². The zero-order valence-electron chi connectivity index (χ0n) is 32.6. The first-order valence-electron chi connectivity index (χ1n) is 18.6. The number of carboxylic acid groups (broad SMARTS) is 1. The highest BCUT2D eigenvalue weighted by molar-refractivity contribution is 5.97. The van der Waals surface area contributed by atoms with Crippen LogP contribution in [0.2, 0.25) is 0 Å². The Bertz CT molecular complexity index is 1400. The Morgan fingerprint density at radius 2 is 1.32 bits per heavy atom. The van der Waals surface area contributed by atoms with Crippen molar-refractivity contribution in [1.82, 2.24) is 42.1 Å². The van der Waals surface area contributed by atoms with Gasteiger partial charge in [-0.15, -0.1) is 0 Å². The van der Waals surface area contributed by atoms with Gasteiger partial charge in [0.2, 0.25) is 47.3 Å². The lowest BCUT2D eigenvalue weighted by Gasteiger charge is -2.28. The lowest BCUT2D eigenvalue weighted by molar-refractivity contribution is -0.143. The van der Waals surface area contributed by atoms with Crippen LogP contribution in [0.25, 0.3) is 0 Å². The fraction of sp³-hybridized carbons (Fsp3) is 0.735. The predicted octanol–water partition coefficient (Wildman–Crippen LogP) is -5.37. The molecule has 0 aromatic rings. The summed E-state index contributed by atoms with van der Waals surface area (Å²) in [6.07, 6.45) is 2.29. The molecule has 1 heterocycles. The van der Waals surface area contributed by atoms with Gasteiger partial charge in [-0.3, -0.25) is 38.4 Å². The molecule has 22 nitrogen and oxygen atoms in total. The summed E-state index contributed by atoms with van der Waals surface area (Å²) in [7, 11) is 0. The maximum atomic E-state index is 13.6. The molecule has 22 heteroatoms. The minimum Gasteiger partial charge on any atom is -0.480 e. The van der Waals surface area contributed by atoms with Gasteiger partial charge in [0.05, 0.1) is 25.8 Å². The summed E-state index contributed by atoms with van der Waals surface area (Å²) in [5.74, 6) is -8.05. The first-order valence-corrected chi connectivity index (χ1v) is 18.6. The summed E-state index contributed by atoms with van der Waals surface area (Å²) in [5, 5.41) is 44.9. The third-order valence-electron chi connectivity index (χ3n) is 9.16. The number of nitrogens with one attached hydrogen (secondary N) is 7. The third-order valence-corrected chi connectivity index (χ3v) is 9.16. The van der Waals surface area contributed by atoms with Gasteiger partial charge in [0.1, 0.15) is 42.3 Å². The van der Waals surface area contributed by atoms with Crippen LogP contribution < -0.4 is 48.7 Å². The number of carbonyl (C=O) groups excluding carboxylic acids is 8. The van der Waals surface area contributed by atoms with Crippen LogP contribution in [-0.2, 0) is 43.2 Å². The molecule has 9 atom stereocenters. The van der Waals surface area contributed by atoms with Crippen LogP contribution in [0.15, 0.2) is 0 Å². The molecule has 0 aromatic heterocycles. The molecule has 0 saturated carbocycles. The van der Waals surface area contributed by atoms with E-state index in [-0.39, 0.29) is 13.0 Å². The lowest BCUT2D eigenvalue weighted by atomic mass is 9.97. The number of hydrogen-bond acceptors (Lipinski definition) is 13. The molecule has 0 radical (unpaired) electrons. The van der Waals surface area contributed by atoms with Gasteiger partial charge in [-0.1, -0.05) is 20.3 Å². The molecule has 1 aliphatic heterocycles. The number of carbonyl (C=O) groups is 9. The summed E-state index contributed by atoms with van der Waals surface area (Å²) in [5.41, 5.74) is 11.3. The second-order valence-corrected chi connectivity index (χ2v) is 13.8. The summed E-state index contributed by atoms with van der Waals surface area (Å²) in [4.78, 5) is 116. The smallest absolute Gasteiger partial charge is 0.328 e. The van der Waals surface area contributed by atoms with E-state index in [9.17, 15) is 53.4 Å². The highest BCUT2D eigenvalue weighted by atomic mass is 16.4. The highest BCUT2D eigenvalue weighted by Crippen LogP contribution is 2.18. The normalized spacial score (nSPS) is 18.0. The van der Waals surface area contributed by atoms with Crippen molar-refractivity contribution in [2.75, 3.05) is 32.8 Å². The zero-order chi connectivity index (χ0) is 42.7. The second-order valence-electron chi connectivity index (χ2n) is 13.8. The molecular formula is C34H60N10O12. The molecule has 14 N–H and O–H groups in total. The van der Waals surface area contributed by atoms with E-state index in [0.717, 1.165) is 0 Å². The molecule has 318 valence electrons. The Morgan fingerprint density at radius 1 is 0.732 bits per heavy atom. The quantitative estimate of drug-likeness (QED) is 0.0406. The fourth-order valence-corrected chi connectivity index (χ4v) is 5.54.